The number of fused-ring (bicyclic) bond motifs is 1. The average Bonchev–Trinajstić information content (AvgIpc) is 2.83. The number of H-pyrrole nitrogens is 1. The number of aromatic nitrogens is 2. The van der Waals surface area contributed by atoms with Gasteiger partial charge in [-0.05, 0) is 51.6 Å². The second-order valence-corrected chi connectivity index (χ2v) is 5.63. The molecule has 1 atom stereocenters. The average molecular weight is 248 g/mol. The van der Waals surface area contributed by atoms with Crippen LogP contribution < -0.4 is 10.6 Å². The Bertz CT molecular complexity index is 392. The van der Waals surface area contributed by atoms with Gasteiger partial charge in [-0.15, -0.1) is 0 Å². The van der Waals surface area contributed by atoms with Crippen LogP contribution in [-0.4, -0.2) is 29.3 Å². The highest BCUT2D eigenvalue weighted by atomic mass is 15.2. The van der Waals surface area contributed by atoms with Crippen molar-refractivity contribution in [2.24, 2.45) is 0 Å². The number of aromatic amines is 1. The molecule has 0 amide bonds. The Morgan fingerprint density at radius 1 is 1.28 bits per heavy atom. The Balaban J connectivity index is 1.74. The number of rotatable bonds is 3. The van der Waals surface area contributed by atoms with E-state index in [4.69, 9.17) is 0 Å². The first kappa shape index (κ1) is 12.0. The van der Waals surface area contributed by atoms with Gasteiger partial charge in [0.15, 0.2) is 5.82 Å². The summed E-state index contributed by atoms with van der Waals surface area (Å²) in [6.45, 7) is 4.53. The van der Waals surface area contributed by atoms with Gasteiger partial charge < -0.3 is 10.6 Å². The van der Waals surface area contributed by atoms with Crippen LogP contribution in [0.5, 0.6) is 0 Å². The predicted molar refractivity (Wildman–Crippen MR) is 74.1 cm³/mol. The van der Waals surface area contributed by atoms with E-state index in [0.717, 1.165) is 18.9 Å². The molecule has 1 unspecified atom stereocenters. The van der Waals surface area contributed by atoms with Crippen molar-refractivity contribution >= 4 is 5.82 Å². The van der Waals surface area contributed by atoms with E-state index in [9.17, 15) is 0 Å². The summed E-state index contributed by atoms with van der Waals surface area (Å²) in [4.78, 5) is 0. The van der Waals surface area contributed by atoms with Crippen LogP contribution in [0.4, 0.5) is 5.82 Å². The molecule has 18 heavy (non-hydrogen) atoms. The molecule has 1 saturated heterocycles. The molecule has 0 spiro atoms. The van der Waals surface area contributed by atoms with Crippen LogP contribution in [0.1, 0.15) is 56.2 Å². The van der Waals surface area contributed by atoms with Crippen molar-refractivity contribution < 1.29 is 0 Å². The zero-order valence-electron chi connectivity index (χ0n) is 11.3. The molecular formula is C14H24N4. The first-order chi connectivity index (χ1) is 8.88. The van der Waals surface area contributed by atoms with Crippen LogP contribution in [-0.2, 0) is 6.42 Å². The van der Waals surface area contributed by atoms with Gasteiger partial charge in [0, 0.05) is 23.2 Å². The molecule has 3 rings (SSSR count). The van der Waals surface area contributed by atoms with E-state index in [1.54, 1.807) is 0 Å². The van der Waals surface area contributed by atoms with Gasteiger partial charge in [-0.1, -0.05) is 6.92 Å². The van der Waals surface area contributed by atoms with Crippen molar-refractivity contribution in [2.75, 3.05) is 18.4 Å². The van der Waals surface area contributed by atoms with E-state index in [1.807, 2.05) is 0 Å². The fourth-order valence-corrected chi connectivity index (χ4v) is 3.33. The summed E-state index contributed by atoms with van der Waals surface area (Å²) in [5.41, 5.74) is 2.87. The molecule has 4 nitrogen and oxygen atoms in total. The van der Waals surface area contributed by atoms with Crippen LogP contribution >= 0.6 is 0 Å². The highest BCUT2D eigenvalue weighted by Gasteiger charge is 2.25. The van der Waals surface area contributed by atoms with Crippen molar-refractivity contribution in [1.29, 1.82) is 0 Å². The second-order valence-electron chi connectivity index (χ2n) is 5.63. The van der Waals surface area contributed by atoms with E-state index >= 15 is 0 Å². The van der Waals surface area contributed by atoms with Gasteiger partial charge in [0.05, 0.1) is 0 Å². The fraction of sp³-hybridized carbons (Fsp3) is 0.786. The third kappa shape index (κ3) is 2.26. The summed E-state index contributed by atoms with van der Waals surface area (Å²) < 4.78 is 0. The van der Waals surface area contributed by atoms with Crippen molar-refractivity contribution in [3.8, 4) is 0 Å². The van der Waals surface area contributed by atoms with Crippen molar-refractivity contribution in [2.45, 2.75) is 57.4 Å². The lowest BCUT2D eigenvalue weighted by atomic mass is 9.86. The van der Waals surface area contributed by atoms with Gasteiger partial charge in [0.1, 0.15) is 0 Å². The number of hydrogen-bond acceptors (Lipinski definition) is 3. The van der Waals surface area contributed by atoms with E-state index in [0.29, 0.717) is 12.0 Å². The Hall–Kier alpha value is -1.03. The smallest absolute Gasteiger partial charge is 0.151 e. The van der Waals surface area contributed by atoms with E-state index in [2.05, 4.69) is 27.8 Å². The lowest BCUT2D eigenvalue weighted by Gasteiger charge is -2.25. The molecule has 2 aliphatic rings. The van der Waals surface area contributed by atoms with Gasteiger partial charge in [0.25, 0.3) is 0 Å². The van der Waals surface area contributed by atoms with Crippen LogP contribution in [0.25, 0.3) is 0 Å². The fourth-order valence-electron chi connectivity index (χ4n) is 3.33. The molecule has 1 aliphatic carbocycles. The number of anilines is 1. The SMILES string of the molecule is CCC1CCCc2c(NC3CCNCC3)n[nH]c21. The van der Waals surface area contributed by atoms with Crippen LogP contribution in [0.3, 0.4) is 0 Å². The Morgan fingerprint density at radius 3 is 2.89 bits per heavy atom. The second kappa shape index (κ2) is 5.31. The summed E-state index contributed by atoms with van der Waals surface area (Å²) in [6, 6.07) is 0.598. The first-order valence-electron chi connectivity index (χ1n) is 7.43. The minimum atomic E-state index is 0.598. The third-order valence-electron chi connectivity index (χ3n) is 4.46. The van der Waals surface area contributed by atoms with Gasteiger partial charge in [-0.3, -0.25) is 5.10 Å². The highest BCUT2D eigenvalue weighted by Crippen LogP contribution is 2.35. The topological polar surface area (TPSA) is 52.7 Å². The molecule has 1 aromatic rings. The van der Waals surface area contributed by atoms with Crippen LogP contribution in [0, 0.1) is 0 Å². The maximum atomic E-state index is 4.53. The summed E-state index contributed by atoms with van der Waals surface area (Å²) in [5.74, 6) is 1.83. The molecular weight excluding hydrogens is 224 g/mol. The standard InChI is InChI=1S/C14H24N4/c1-2-10-4-3-5-12-13(10)17-18-14(12)16-11-6-8-15-9-7-11/h10-11,15H,2-9H2,1H3,(H2,16,17,18). The Morgan fingerprint density at radius 2 is 2.11 bits per heavy atom. The van der Waals surface area contributed by atoms with E-state index < -0.39 is 0 Å². The van der Waals surface area contributed by atoms with Gasteiger partial charge in [-0.2, -0.15) is 5.10 Å². The molecule has 2 heterocycles. The van der Waals surface area contributed by atoms with Gasteiger partial charge in [-0.25, -0.2) is 0 Å². The normalized spacial score (nSPS) is 24.8. The molecule has 0 radical (unpaired) electrons. The third-order valence-corrected chi connectivity index (χ3v) is 4.46. The summed E-state index contributed by atoms with van der Waals surface area (Å²) in [7, 11) is 0. The Kier molecular flexibility index (Phi) is 3.55. The molecule has 100 valence electrons. The summed E-state index contributed by atoms with van der Waals surface area (Å²) >= 11 is 0. The van der Waals surface area contributed by atoms with Crippen LogP contribution in [0.2, 0.25) is 0 Å². The molecule has 0 aromatic carbocycles. The molecule has 1 aliphatic heterocycles. The van der Waals surface area contributed by atoms with Crippen molar-refractivity contribution in [3.63, 3.8) is 0 Å². The molecule has 0 saturated carbocycles. The zero-order chi connectivity index (χ0) is 12.4. The van der Waals surface area contributed by atoms with Crippen molar-refractivity contribution in [1.82, 2.24) is 15.5 Å². The zero-order valence-corrected chi connectivity index (χ0v) is 11.3. The van der Waals surface area contributed by atoms with E-state index in [1.165, 1.54) is 49.8 Å². The quantitative estimate of drug-likeness (QED) is 0.770. The summed E-state index contributed by atoms with van der Waals surface area (Å²) in [6.07, 6.45) is 7.46. The minimum Gasteiger partial charge on any atom is -0.366 e. The highest BCUT2D eigenvalue weighted by molar-refractivity contribution is 5.49. The lowest BCUT2D eigenvalue weighted by molar-refractivity contribution is 0.477. The molecule has 1 aromatic heterocycles. The molecule has 4 heteroatoms. The van der Waals surface area contributed by atoms with Crippen LogP contribution in [0.15, 0.2) is 0 Å². The summed E-state index contributed by atoms with van der Waals surface area (Å²) in [5, 5.41) is 14.9. The predicted octanol–water partition coefficient (Wildman–Crippen LogP) is 2.40. The Labute approximate surface area is 109 Å². The maximum absolute atomic E-state index is 4.53. The lowest BCUT2D eigenvalue weighted by Crippen LogP contribution is -2.35. The molecule has 3 N–H and O–H groups in total. The number of nitrogens with one attached hydrogen (secondary N) is 3. The van der Waals surface area contributed by atoms with Gasteiger partial charge >= 0.3 is 0 Å². The minimum absolute atomic E-state index is 0.598. The number of nitrogens with zero attached hydrogens (tertiary/aromatic N) is 1. The molecule has 1 fully saturated rings. The van der Waals surface area contributed by atoms with Gasteiger partial charge in [0.2, 0.25) is 0 Å². The van der Waals surface area contributed by atoms with Crippen molar-refractivity contribution in [3.05, 3.63) is 11.3 Å². The monoisotopic (exact) mass is 248 g/mol. The number of hydrogen-bond donors (Lipinski definition) is 3. The largest absolute Gasteiger partial charge is 0.366 e. The van der Waals surface area contributed by atoms with E-state index in [-0.39, 0.29) is 0 Å². The maximum Gasteiger partial charge on any atom is 0.151 e. The number of piperidine rings is 1. The molecule has 0 bridgehead atoms. The first-order valence-corrected chi connectivity index (χ1v) is 7.43.